The molecule has 3 aromatic heterocycles. The molecule has 34 heavy (non-hydrogen) atoms. The Bertz CT molecular complexity index is 1460. The number of nitrogens with zero attached hydrogens (tertiary/aromatic N) is 4. The molecule has 1 aliphatic rings. The van der Waals surface area contributed by atoms with Gasteiger partial charge < -0.3 is 19.5 Å². The molecule has 8 nitrogen and oxygen atoms in total. The van der Waals surface area contributed by atoms with Crippen LogP contribution in [0.4, 0.5) is 0 Å². The third-order valence-corrected chi connectivity index (χ3v) is 6.13. The molecule has 1 amide bonds. The predicted octanol–water partition coefficient (Wildman–Crippen LogP) is 3.67. The van der Waals surface area contributed by atoms with Gasteiger partial charge in [0.05, 0.1) is 17.3 Å². The molecule has 0 bridgehead atoms. The number of aryl methyl sites for hydroxylation is 2. The largest absolute Gasteiger partial charge is 0.508 e. The molecule has 1 fully saturated rings. The predicted molar refractivity (Wildman–Crippen MR) is 125 cm³/mol. The quantitative estimate of drug-likeness (QED) is 0.277. The molecule has 0 radical (unpaired) electrons. The van der Waals surface area contributed by atoms with Crippen LogP contribution in [-0.4, -0.2) is 41.2 Å². The maximum absolute atomic E-state index is 13.3. The van der Waals surface area contributed by atoms with Crippen molar-refractivity contribution in [3.63, 3.8) is 0 Å². The number of hydrogen-bond acceptors (Lipinski definition) is 6. The number of hydrogen-bond donors (Lipinski definition) is 2. The van der Waals surface area contributed by atoms with Gasteiger partial charge in [0.2, 0.25) is 0 Å². The summed E-state index contributed by atoms with van der Waals surface area (Å²) in [7, 11) is 0. The number of pyridine rings is 2. The highest BCUT2D eigenvalue weighted by atomic mass is 16.3. The standard InChI is InChI=1S/C26H22N4O4/c1-15-5-4-12-29-16(2)21(28-25(15)29)23(32)20-22(18-7-9-19(31)10-8-18)30(26(34)24(20)33)14-17-6-3-11-27-13-17/h3-13,22,31-32H,14H2,1-2H3. The van der Waals surface area contributed by atoms with Crippen molar-refractivity contribution in [3.05, 3.63) is 101 Å². The Balaban J connectivity index is 1.71. The van der Waals surface area contributed by atoms with Gasteiger partial charge in [-0.1, -0.05) is 24.3 Å². The van der Waals surface area contributed by atoms with Crippen LogP contribution in [-0.2, 0) is 16.1 Å². The molecule has 8 heteroatoms. The third kappa shape index (κ3) is 3.40. The van der Waals surface area contributed by atoms with Crippen LogP contribution in [0.1, 0.15) is 34.1 Å². The fourth-order valence-corrected chi connectivity index (χ4v) is 4.41. The Morgan fingerprint density at radius 2 is 1.82 bits per heavy atom. The lowest BCUT2D eigenvalue weighted by Gasteiger charge is -2.25. The van der Waals surface area contributed by atoms with Crippen molar-refractivity contribution in [1.29, 1.82) is 0 Å². The smallest absolute Gasteiger partial charge is 0.295 e. The minimum absolute atomic E-state index is 0.0382. The topological polar surface area (TPSA) is 108 Å². The van der Waals surface area contributed by atoms with E-state index >= 15 is 0 Å². The van der Waals surface area contributed by atoms with Gasteiger partial charge in [0.1, 0.15) is 17.1 Å². The molecule has 1 unspecified atom stereocenters. The zero-order chi connectivity index (χ0) is 24.0. The summed E-state index contributed by atoms with van der Waals surface area (Å²) in [5.74, 6) is -1.78. The summed E-state index contributed by atoms with van der Waals surface area (Å²) in [6.07, 6.45) is 5.09. The number of aliphatic hydroxyl groups is 1. The number of amides is 1. The van der Waals surface area contributed by atoms with Crippen molar-refractivity contribution in [2.45, 2.75) is 26.4 Å². The Labute approximate surface area is 195 Å². The molecular weight excluding hydrogens is 432 g/mol. The molecule has 2 N–H and O–H groups in total. The molecule has 0 saturated carbocycles. The first kappa shape index (κ1) is 21.4. The van der Waals surface area contributed by atoms with E-state index in [9.17, 15) is 19.8 Å². The zero-order valence-corrected chi connectivity index (χ0v) is 18.6. The Kier molecular flexibility index (Phi) is 5.13. The third-order valence-electron chi connectivity index (χ3n) is 6.13. The first-order valence-electron chi connectivity index (χ1n) is 10.8. The number of aliphatic hydroxyl groups excluding tert-OH is 1. The SMILES string of the molecule is Cc1cccn2c(C)c(C(O)=C3C(=O)C(=O)N(Cc4cccnc4)C3c3ccc(O)cc3)nc12. The average Bonchev–Trinajstić information content (AvgIpc) is 3.30. The molecule has 170 valence electrons. The van der Waals surface area contributed by atoms with Crippen molar-refractivity contribution in [2.24, 2.45) is 0 Å². The van der Waals surface area contributed by atoms with Crippen LogP contribution < -0.4 is 0 Å². The average molecular weight is 454 g/mol. The van der Waals surface area contributed by atoms with Crippen LogP contribution in [0.15, 0.2) is 72.7 Å². The van der Waals surface area contributed by atoms with E-state index in [1.165, 1.54) is 17.0 Å². The van der Waals surface area contributed by atoms with Crippen LogP contribution in [0.25, 0.3) is 11.4 Å². The second kappa shape index (κ2) is 8.15. The van der Waals surface area contributed by atoms with E-state index in [-0.39, 0.29) is 29.3 Å². The second-order valence-electron chi connectivity index (χ2n) is 8.31. The molecule has 1 atom stereocenters. The molecule has 1 aliphatic heterocycles. The monoisotopic (exact) mass is 454 g/mol. The van der Waals surface area contributed by atoms with Crippen molar-refractivity contribution >= 4 is 23.1 Å². The number of aromatic nitrogens is 3. The molecule has 1 saturated heterocycles. The lowest BCUT2D eigenvalue weighted by Crippen LogP contribution is -2.29. The summed E-state index contributed by atoms with van der Waals surface area (Å²) in [6, 6.07) is 12.7. The summed E-state index contributed by atoms with van der Waals surface area (Å²) in [4.78, 5) is 36.5. The normalized spacial score (nSPS) is 17.6. The Hall–Kier alpha value is -4.46. The van der Waals surface area contributed by atoms with Crippen LogP contribution in [0.5, 0.6) is 5.75 Å². The van der Waals surface area contributed by atoms with Gasteiger partial charge in [-0.15, -0.1) is 0 Å². The number of phenols is 1. The van der Waals surface area contributed by atoms with Crippen molar-refractivity contribution < 1.29 is 19.8 Å². The van der Waals surface area contributed by atoms with E-state index in [1.807, 2.05) is 35.7 Å². The van der Waals surface area contributed by atoms with Gasteiger partial charge in [-0.3, -0.25) is 14.6 Å². The van der Waals surface area contributed by atoms with Crippen molar-refractivity contribution in [1.82, 2.24) is 19.3 Å². The minimum Gasteiger partial charge on any atom is -0.508 e. The number of rotatable bonds is 4. The van der Waals surface area contributed by atoms with E-state index in [0.29, 0.717) is 16.9 Å². The number of likely N-dealkylation sites (tertiary alicyclic amines) is 1. The van der Waals surface area contributed by atoms with Gasteiger partial charge in [0, 0.05) is 25.1 Å². The Morgan fingerprint density at radius 3 is 2.50 bits per heavy atom. The van der Waals surface area contributed by atoms with Gasteiger partial charge in [-0.2, -0.15) is 0 Å². The number of imidazole rings is 1. The van der Waals surface area contributed by atoms with Crippen molar-refractivity contribution in [2.75, 3.05) is 0 Å². The van der Waals surface area contributed by atoms with Crippen LogP contribution >= 0.6 is 0 Å². The van der Waals surface area contributed by atoms with Crippen LogP contribution in [0.3, 0.4) is 0 Å². The zero-order valence-electron chi connectivity index (χ0n) is 18.6. The van der Waals surface area contributed by atoms with E-state index in [0.717, 1.165) is 11.1 Å². The number of fused-ring (bicyclic) bond motifs is 1. The maximum Gasteiger partial charge on any atom is 0.295 e. The van der Waals surface area contributed by atoms with E-state index in [4.69, 9.17) is 0 Å². The van der Waals surface area contributed by atoms with E-state index < -0.39 is 17.7 Å². The van der Waals surface area contributed by atoms with Gasteiger partial charge in [0.25, 0.3) is 11.7 Å². The number of phenolic OH excluding ortho intramolecular Hbond substituents is 1. The van der Waals surface area contributed by atoms with Gasteiger partial charge in [-0.05, 0) is 54.8 Å². The van der Waals surface area contributed by atoms with Gasteiger partial charge in [0.15, 0.2) is 5.76 Å². The molecular formula is C26H22N4O4. The number of ketones is 1. The maximum atomic E-state index is 13.3. The number of Topliss-reactive ketones (excluding diaryl/α,β-unsaturated/α-hetero) is 1. The molecule has 4 aromatic rings. The van der Waals surface area contributed by atoms with E-state index in [2.05, 4.69) is 9.97 Å². The first-order chi connectivity index (χ1) is 16.4. The first-order valence-corrected chi connectivity index (χ1v) is 10.8. The molecule has 0 spiro atoms. The Morgan fingerprint density at radius 1 is 1.06 bits per heavy atom. The molecule has 4 heterocycles. The summed E-state index contributed by atoms with van der Waals surface area (Å²) in [5.41, 5.74) is 3.76. The number of carbonyl (C=O) groups is 2. The molecule has 1 aromatic carbocycles. The summed E-state index contributed by atoms with van der Waals surface area (Å²) >= 11 is 0. The summed E-state index contributed by atoms with van der Waals surface area (Å²) in [5, 5.41) is 21.2. The molecule has 0 aliphatic carbocycles. The van der Waals surface area contributed by atoms with Gasteiger partial charge in [-0.25, -0.2) is 4.98 Å². The fraction of sp³-hybridized carbons (Fsp3) is 0.154. The minimum atomic E-state index is -0.855. The summed E-state index contributed by atoms with van der Waals surface area (Å²) < 4.78 is 1.84. The number of carbonyl (C=O) groups excluding carboxylic acids is 2. The summed E-state index contributed by atoms with van der Waals surface area (Å²) in [6.45, 7) is 3.84. The van der Waals surface area contributed by atoms with Crippen LogP contribution in [0.2, 0.25) is 0 Å². The number of benzene rings is 1. The number of aromatic hydroxyl groups is 1. The lowest BCUT2D eigenvalue weighted by molar-refractivity contribution is -0.140. The van der Waals surface area contributed by atoms with E-state index in [1.54, 1.807) is 37.5 Å². The fourth-order valence-electron chi connectivity index (χ4n) is 4.41. The van der Waals surface area contributed by atoms with Crippen LogP contribution in [0, 0.1) is 13.8 Å². The lowest BCUT2D eigenvalue weighted by atomic mass is 9.96. The van der Waals surface area contributed by atoms with Gasteiger partial charge >= 0.3 is 0 Å². The highest BCUT2D eigenvalue weighted by Crippen LogP contribution is 2.41. The molecule has 5 rings (SSSR count). The van der Waals surface area contributed by atoms with Crippen molar-refractivity contribution in [3.8, 4) is 5.75 Å². The second-order valence-corrected chi connectivity index (χ2v) is 8.31. The highest BCUT2D eigenvalue weighted by Gasteiger charge is 2.46. The highest BCUT2D eigenvalue weighted by molar-refractivity contribution is 6.46.